The van der Waals surface area contributed by atoms with Crippen molar-refractivity contribution in [3.63, 3.8) is 0 Å². The normalized spacial score (nSPS) is 21.0. The van der Waals surface area contributed by atoms with Crippen molar-refractivity contribution in [2.45, 2.75) is 38.7 Å². The molecule has 1 aromatic rings. The highest BCUT2D eigenvalue weighted by atomic mass is 127. The molecule has 2 fully saturated rings. The van der Waals surface area contributed by atoms with Crippen molar-refractivity contribution in [1.82, 2.24) is 24.9 Å². The van der Waals surface area contributed by atoms with Gasteiger partial charge in [0.15, 0.2) is 5.96 Å². The summed E-state index contributed by atoms with van der Waals surface area (Å²) in [4.78, 5) is 20.9. The van der Waals surface area contributed by atoms with E-state index in [-0.39, 0.29) is 41.9 Å². The first-order chi connectivity index (χ1) is 14.6. The van der Waals surface area contributed by atoms with Crippen LogP contribution >= 0.6 is 24.0 Å². The number of unbranched alkanes of at least 4 members (excludes halogenated alkanes) is 1. The molecule has 2 saturated heterocycles. The molecule has 0 aliphatic carbocycles. The van der Waals surface area contributed by atoms with Gasteiger partial charge >= 0.3 is 0 Å². The maximum absolute atomic E-state index is 11.3. The molecular formula is C21H38IN7O2. The molecule has 1 unspecified atom stereocenters. The molecule has 3 heterocycles. The molecule has 3 rings (SSSR count). The Bertz CT molecular complexity index is 704. The topological polar surface area (TPSA) is 101 Å². The lowest BCUT2D eigenvalue weighted by Gasteiger charge is -2.34. The second-order valence-corrected chi connectivity index (χ2v) is 8.21. The standard InChI is InChI=1S/C21H37N7O2.HI/c1-3-23-21(28-12-13-30-19(16-28)18-14-25-26(2)15-18)24-8-4-5-9-27-10-6-17(7-11-27)20(22)29;/h14-15,17,19H,3-13,16H2,1-2H3,(H2,22,29)(H,23,24);1H. The first-order valence-electron chi connectivity index (χ1n) is 11.2. The van der Waals surface area contributed by atoms with E-state index in [4.69, 9.17) is 15.5 Å². The summed E-state index contributed by atoms with van der Waals surface area (Å²) < 4.78 is 7.77. The fourth-order valence-corrected chi connectivity index (χ4v) is 4.15. The number of morpholine rings is 1. The highest BCUT2D eigenvalue weighted by Gasteiger charge is 2.25. The van der Waals surface area contributed by atoms with E-state index in [0.29, 0.717) is 6.61 Å². The zero-order valence-electron chi connectivity index (χ0n) is 18.8. The summed E-state index contributed by atoms with van der Waals surface area (Å²) >= 11 is 0. The molecule has 2 aliphatic heterocycles. The number of primary amides is 1. The van der Waals surface area contributed by atoms with Crippen molar-refractivity contribution >= 4 is 35.8 Å². The summed E-state index contributed by atoms with van der Waals surface area (Å²) in [7, 11) is 1.93. The molecular weight excluding hydrogens is 509 g/mol. The number of amides is 1. The molecule has 1 amide bonds. The van der Waals surface area contributed by atoms with E-state index in [2.05, 4.69) is 27.1 Å². The minimum Gasteiger partial charge on any atom is -0.370 e. The van der Waals surface area contributed by atoms with Gasteiger partial charge in [-0.05, 0) is 52.2 Å². The number of aliphatic imine (C=N–C) groups is 1. The number of nitrogens with zero attached hydrogens (tertiary/aromatic N) is 5. The number of piperidine rings is 1. The van der Waals surface area contributed by atoms with Gasteiger partial charge in [-0.15, -0.1) is 24.0 Å². The number of hydrogen-bond donors (Lipinski definition) is 2. The highest BCUT2D eigenvalue weighted by molar-refractivity contribution is 14.0. The van der Waals surface area contributed by atoms with Crippen LogP contribution in [0.2, 0.25) is 0 Å². The van der Waals surface area contributed by atoms with Gasteiger partial charge < -0.3 is 25.6 Å². The predicted octanol–water partition coefficient (Wildman–Crippen LogP) is 1.35. The minimum atomic E-state index is -0.145. The second-order valence-electron chi connectivity index (χ2n) is 8.21. The SMILES string of the molecule is CCNC(=NCCCCN1CCC(C(N)=O)CC1)N1CCOC(c2cnn(C)c2)C1.I. The second kappa shape index (κ2) is 13.2. The van der Waals surface area contributed by atoms with E-state index < -0.39 is 0 Å². The number of rotatable bonds is 8. The summed E-state index contributed by atoms with van der Waals surface area (Å²) in [6.07, 6.45) is 7.89. The van der Waals surface area contributed by atoms with E-state index in [9.17, 15) is 4.79 Å². The van der Waals surface area contributed by atoms with Crippen LogP contribution in [-0.2, 0) is 16.6 Å². The van der Waals surface area contributed by atoms with Gasteiger partial charge in [-0.25, -0.2) is 0 Å². The number of nitrogens with one attached hydrogen (secondary N) is 1. The number of carbonyl (C=O) groups excluding carboxylic acids is 1. The molecule has 31 heavy (non-hydrogen) atoms. The average molecular weight is 547 g/mol. The van der Waals surface area contributed by atoms with E-state index in [0.717, 1.165) is 83.0 Å². The third-order valence-corrected chi connectivity index (χ3v) is 5.93. The zero-order chi connectivity index (χ0) is 21.3. The fraction of sp³-hybridized carbons (Fsp3) is 0.762. The van der Waals surface area contributed by atoms with Gasteiger partial charge in [0.25, 0.3) is 0 Å². The third kappa shape index (κ3) is 7.90. The largest absolute Gasteiger partial charge is 0.370 e. The van der Waals surface area contributed by atoms with Crippen LogP contribution in [0.15, 0.2) is 17.4 Å². The Morgan fingerprint density at radius 3 is 2.74 bits per heavy atom. The summed E-state index contributed by atoms with van der Waals surface area (Å²) in [6, 6.07) is 0. The fourth-order valence-electron chi connectivity index (χ4n) is 4.15. The van der Waals surface area contributed by atoms with Crippen LogP contribution < -0.4 is 11.1 Å². The number of hydrogen-bond acceptors (Lipinski definition) is 5. The van der Waals surface area contributed by atoms with Crippen molar-refractivity contribution in [2.24, 2.45) is 23.7 Å². The van der Waals surface area contributed by atoms with Crippen LogP contribution in [0.25, 0.3) is 0 Å². The highest BCUT2D eigenvalue weighted by Crippen LogP contribution is 2.21. The molecule has 0 radical (unpaired) electrons. The number of likely N-dealkylation sites (tertiary alicyclic amines) is 1. The summed E-state index contributed by atoms with van der Waals surface area (Å²) in [6.45, 7) is 9.10. The molecule has 9 nitrogen and oxygen atoms in total. The molecule has 176 valence electrons. The Labute approximate surface area is 202 Å². The zero-order valence-corrected chi connectivity index (χ0v) is 21.2. The Morgan fingerprint density at radius 1 is 1.32 bits per heavy atom. The van der Waals surface area contributed by atoms with Crippen molar-refractivity contribution < 1.29 is 9.53 Å². The van der Waals surface area contributed by atoms with Gasteiger partial charge in [0.1, 0.15) is 6.10 Å². The monoisotopic (exact) mass is 547 g/mol. The Morgan fingerprint density at radius 2 is 2.10 bits per heavy atom. The summed E-state index contributed by atoms with van der Waals surface area (Å²) in [5.74, 6) is 0.892. The molecule has 1 atom stereocenters. The molecule has 0 saturated carbocycles. The van der Waals surface area contributed by atoms with Gasteiger partial charge in [-0.1, -0.05) is 0 Å². The average Bonchev–Trinajstić information content (AvgIpc) is 3.19. The molecule has 0 spiro atoms. The smallest absolute Gasteiger partial charge is 0.220 e. The quantitative estimate of drug-likeness (QED) is 0.221. The van der Waals surface area contributed by atoms with Crippen LogP contribution in [0.4, 0.5) is 0 Å². The first-order valence-corrected chi connectivity index (χ1v) is 11.2. The number of guanidine groups is 1. The van der Waals surface area contributed by atoms with Crippen molar-refractivity contribution in [1.29, 1.82) is 0 Å². The number of carbonyl (C=O) groups is 1. The maximum Gasteiger partial charge on any atom is 0.220 e. The molecule has 0 bridgehead atoms. The van der Waals surface area contributed by atoms with Crippen LogP contribution in [0.5, 0.6) is 0 Å². The van der Waals surface area contributed by atoms with E-state index >= 15 is 0 Å². The van der Waals surface area contributed by atoms with Gasteiger partial charge in [0.05, 0.1) is 19.3 Å². The Kier molecular flexibility index (Phi) is 11.0. The molecule has 2 aliphatic rings. The number of ether oxygens (including phenoxy) is 1. The molecule has 0 aromatic carbocycles. The summed E-state index contributed by atoms with van der Waals surface area (Å²) in [5, 5.41) is 7.70. The van der Waals surface area contributed by atoms with Crippen LogP contribution in [0, 0.1) is 5.92 Å². The molecule has 10 heteroatoms. The van der Waals surface area contributed by atoms with Gasteiger partial charge in [-0.2, -0.15) is 5.10 Å². The van der Waals surface area contributed by atoms with E-state index in [1.165, 1.54) is 0 Å². The number of nitrogens with two attached hydrogens (primary N) is 1. The van der Waals surface area contributed by atoms with E-state index in [1.807, 2.05) is 24.1 Å². The van der Waals surface area contributed by atoms with Crippen LogP contribution in [0.1, 0.15) is 44.3 Å². The number of aromatic nitrogens is 2. The lowest BCUT2D eigenvalue weighted by Crippen LogP contribution is -2.48. The van der Waals surface area contributed by atoms with Crippen molar-refractivity contribution in [3.8, 4) is 0 Å². The predicted molar refractivity (Wildman–Crippen MR) is 132 cm³/mol. The van der Waals surface area contributed by atoms with E-state index in [1.54, 1.807) is 0 Å². The lowest BCUT2D eigenvalue weighted by molar-refractivity contribution is -0.123. The number of aryl methyl sites for hydroxylation is 1. The third-order valence-electron chi connectivity index (χ3n) is 5.93. The Balaban J connectivity index is 0.00000341. The lowest BCUT2D eigenvalue weighted by atomic mass is 9.96. The van der Waals surface area contributed by atoms with Crippen molar-refractivity contribution in [3.05, 3.63) is 18.0 Å². The van der Waals surface area contributed by atoms with Crippen molar-refractivity contribution in [2.75, 3.05) is 52.4 Å². The summed E-state index contributed by atoms with van der Waals surface area (Å²) in [5.41, 5.74) is 6.52. The van der Waals surface area contributed by atoms with Crippen LogP contribution in [-0.4, -0.2) is 83.9 Å². The van der Waals surface area contributed by atoms with Gasteiger partial charge in [0, 0.05) is 44.4 Å². The first kappa shape index (κ1) is 25.9. The van der Waals surface area contributed by atoms with Crippen LogP contribution in [0.3, 0.4) is 0 Å². The maximum atomic E-state index is 11.3. The minimum absolute atomic E-state index is 0. The molecule has 1 aromatic heterocycles. The van der Waals surface area contributed by atoms with Gasteiger partial charge in [0.2, 0.25) is 5.91 Å². The van der Waals surface area contributed by atoms with Gasteiger partial charge in [-0.3, -0.25) is 14.5 Å². The number of halogens is 1. The molecule has 3 N–H and O–H groups in total. The Hall–Kier alpha value is -1.40.